The van der Waals surface area contributed by atoms with Crippen LogP contribution in [-0.4, -0.2) is 28.4 Å². The number of ketones is 2. The van der Waals surface area contributed by atoms with E-state index < -0.39 is 42.3 Å². The molecule has 2 aromatic rings. The molecule has 0 radical (unpaired) electrons. The summed E-state index contributed by atoms with van der Waals surface area (Å²) in [6, 6.07) is 7.85. The molecule has 184 valence electrons. The number of rotatable bonds is 0. The first-order chi connectivity index (χ1) is 17.0. The number of sulfone groups is 2. The van der Waals surface area contributed by atoms with E-state index in [0.29, 0.717) is 25.7 Å². The molecule has 5 aliphatic carbocycles. The summed E-state index contributed by atoms with van der Waals surface area (Å²) >= 11 is 0. The van der Waals surface area contributed by atoms with Gasteiger partial charge in [-0.1, -0.05) is 36.4 Å². The number of hydrogen-bond donors (Lipinski definition) is 0. The zero-order chi connectivity index (χ0) is 24.8. The van der Waals surface area contributed by atoms with E-state index in [9.17, 15) is 26.4 Å². The zero-order valence-corrected chi connectivity index (χ0v) is 21.2. The van der Waals surface area contributed by atoms with Crippen molar-refractivity contribution >= 4 is 31.2 Å². The molecule has 2 heterocycles. The highest BCUT2D eigenvalue weighted by Crippen LogP contribution is 2.61. The van der Waals surface area contributed by atoms with Crippen LogP contribution in [-0.2, 0) is 78.0 Å². The van der Waals surface area contributed by atoms with Crippen molar-refractivity contribution in [3.63, 3.8) is 0 Å². The molecule has 9 rings (SSSR count). The Labute approximate surface area is 209 Å². The molecule has 0 aromatic heterocycles. The average Bonchev–Trinajstić information content (AvgIpc) is 3.48. The molecule has 2 spiro atoms. The average molecular weight is 521 g/mol. The van der Waals surface area contributed by atoms with Gasteiger partial charge < -0.3 is 0 Å². The lowest BCUT2D eigenvalue weighted by molar-refractivity contribution is -0.159. The van der Waals surface area contributed by atoms with Crippen LogP contribution in [0.25, 0.3) is 0 Å². The van der Waals surface area contributed by atoms with Crippen LogP contribution in [0.15, 0.2) is 36.4 Å². The summed E-state index contributed by atoms with van der Waals surface area (Å²) in [4.78, 5) is 28.4. The molecule has 0 N–H and O–H groups in total. The number of carbonyl (C=O) groups is 2. The minimum Gasteiger partial charge on any atom is -0.298 e. The minimum absolute atomic E-state index is 0.0497. The Morgan fingerprint density at radius 2 is 0.778 bits per heavy atom. The zero-order valence-electron chi connectivity index (χ0n) is 19.5. The van der Waals surface area contributed by atoms with E-state index in [0.717, 1.165) is 44.5 Å². The maximum absolute atomic E-state index is 14.2. The Balaban J connectivity index is 1.15. The highest BCUT2D eigenvalue weighted by atomic mass is 32.2. The summed E-state index contributed by atoms with van der Waals surface area (Å²) in [5.41, 5.74) is 5.81. The van der Waals surface area contributed by atoms with Crippen LogP contribution in [0, 0.1) is 22.7 Å². The lowest BCUT2D eigenvalue weighted by Gasteiger charge is -2.52. The maximum Gasteiger partial charge on any atom is 0.158 e. The number of Topliss-reactive ketones (excluding diaryl/α,β-unsaturated/α-hetero) is 2. The van der Waals surface area contributed by atoms with Crippen LogP contribution in [0.3, 0.4) is 0 Å². The van der Waals surface area contributed by atoms with E-state index in [1.54, 1.807) is 0 Å². The van der Waals surface area contributed by atoms with Crippen LogP contribution in [0.1, 0.15) is 44.5 Å². The standard InChI is InChI=1S/C28H24O6S2/c29-25-23-1-2-24(28(25)9-17-5-21-13-36(33,34)14-22(21)6-18(17)10-28)26(30)27(23)7-15-3-19-11-35(31,32)12-20(19)4-16(15)8-27/h1-6,23-24H,7-14H2. The van der Waals surface area contributed by atoms with E-state index in [-0.39, 0.29) is 34.6 Å². The van der Waals surface area contributed by atoms with Crippen LogP contribution >= 0.6 is 0 Å². The van der Waals surface area contributed by atoms with Crippen molar-refractivity contribution in [3.8, 4) is 0 Å². The van der Waals surface area contributed by atoms with Crippen LogP contribution in [0.2, 0.25) is 0 Å². The molecule has 0 amide bonds. The number of carbonyl (C=O) groups excluding carboxylic acids is 2. The number of allylic oxidation sites excluding steroid dienone is 2. The predicted molar refractivity (Wildman–Crippen MR) is 131 cm³/mol. The monoisotopic (exact) mass is 520 g/mol. The minimum atomic E-state index is -3.10. The van der Waals surface area contributed by atoms with E-state index in [1.807, 2.05) is 36.4 Å². The molecular formula is C28H24O6S2. The second-order valence-electron chi connectivity index (χ2n) is 11.9. The van der Waals surface area contributed by atoms with Gasteiger partial charge in [-0.15, -0.1) is 0 Å². The number of benzene rings is 2. The molecule has 2 aliphatic heterocycles. The van der Waals surface area contributed by atoms with E-state index in [1.165, 1.54) is 0 Å². The van der Waals surface area contributed by atoms with Crippen molar-refractivity contribution < 1.29 is 26.4 Å². The molecule has 2 unspecified atom stereocenters. The smallest absolute Gasteiger partial charge is 0.158 e. The molecule has 7 aliphatic rings. The summed E-state index contributed by atoms with van der Waals surface area (Å²) < 4.78 is 48.4. The van der Waals surface area contributed by atoms with Gasteiger partial charge in [0, 0.05) is 11.8 Å². The van der Waals surface area contributed by atoms with Crippen molar-refractivity contribution in [2.45, 2.75) is 48.7 Å². The first-order valence-electron chi connectivity index (χ1n) is 12.4. The van der Waals surface area contributed by atoms with Crippen molar-refractivity contribution in [1.29, 1.82) is 0 Å². The summed E-state index contributed by atoms with van der Waals surface area (Å²) in [6.45, 7) is 0. The summed E-state index contributed by atoms with van der Waals surface area (Å²) in [6.07, 6.45) is 5.86. The SMILES string of the molecule is O=C1C2C=CC(C(=O)C23Cc2cc4c(cc2C3)CS(=O)(=O)C4)C12Cc1cc3c(cc1C2)CS(=O)(=O)C3. The number of hydrogen-bond acceptors (Lipinski definition) is 6. The van der Waals surface area contributed by atoms with Gasteiger partial charge in [-0.25, -0.2) is 16.8 Å². The molecule has 36 heavy (non-hydrogen) atoms. The Hall–Kier alpha value is -2.58. The molecule has 2 atom stereocenters. The largest absolute Gasteiger partial charge is 0.298 e. The molecule has 1 saturated carbocycles. The second kappa shape index (κ2) is 6.27. The van der Waals surface area contributed by atoms with E-state index in [2.05, 4.69) is 0 Å². The normalized spacial score (nSPS) is 30.1. The van der Waals surface area contributed by atoms with Gasteiger partial charge in [0.1, 0.15) is 11.6 Å². The lowest BCUT2D eigenvalue weighted by atomic mass is 9.47. The third-order valence-electron chi connectivity index (χ3n) is 9.80. The van der Waals surface area contributed by atoms with Gasteiger partial charge in [0.05, 0.1) is 33.8 Å². The fraction of sp³-hybridized carbons (Fsp3) is 0.429. The fourth-order valence-electron chi connectivity index (χ4n) is 8.29. The molecule has 1 fully saturated rings. The highest BCUT2D eigenvalue weighted by molar-refractivity contribution is 7.90. The third kappa shape index (κ3) is 2.57. The van der Waals surface area contributed by atoms with Gasteiger partial charge >= 0.3 is 0 Å². The molecule has 6 nitrogen and oxygen atoms in total. The third-order valence-corrected chi connectivity index (χ3v) is 12.8. The Morgan fingerprint density at radius 1 is 0.500 bits per heavy atom. The predicted octanol–water partition coefficient (Wildman–Crippen LogP) is 2.37. The topological polar surface area (TPSA) is 102 Å². The molecule has 2 bridgehead atoms. The quantitative estimate of drug-likeness (QED) is 0.494. The van der Waals surface area contributed by atoms with Gasteiger partial charge in [0.15, 0.2) is 19.7 Å². The maximum atomic E-state index is 14.2. The van der Waals surface area contributed by atoms with Crippen LogP contribution < -0.4 is 0 Å². The second-order valence-corrected chi connectivity index (χ2v) is 16.1. The summed E-state index contributed by atoms with van der Waals surface area (Å²) in [5, 5.41) is 0. The first-order valence-corrected chi connectivity index (χ1v) is 16.1. The first kappa shape index (κ1) is 21.5. The van der Waals surface area contributed by atoms with Crippen molar-refractivity contribution in [3.05, 3.63) is 80.9 Å². The van der Waals surface area contributed by atoms with Gasteiger partial charge in [0.25, 0.3) is 0 Å². The molecule has 2 aromatic carbocycles. The fourth-order valence-corrected chi connectivity index (χ4v) is 11.5. The van der Waals surface area contributed by atoms with Crippen molar-refractivity contribution in [1.82, 2.24) is 0 Å². The molecule has 0 saturated heterocycles. The Morgan fingerprint density at radius 3 is 1.06 bits per heavy atom. The van der Waals surface area contributed by atoms with Crippen LogP contribution in [0.4, 0.5) is 0 Å². The number of fused-ring (bicyclic) bond motifs is 4. The highest BCUT2D eigenvalue weighted by Gasteiger charge is 2.67. The van der Waals surface area contributed by atoms with E-state index in [4.69, 9.17) is 0 Å². The molecular weight excluding hydrogens is 496 g/mol. The van der Waals surface area contributed by atoms with Crippen molar-refractivity contribution in [2.75, 3.05) is 0 Å². The van der Waals surface area contributed by atoms with Crippen LogP contribution in [0.5, 0.6) is 0 Å². The van der Waals surface area contributed by atoms with Crippen molar-refractivity contribution in [2.24, 2.45) is 22.7 Å². The molecule has 8 heteroatoms. The Bertz CT molecular complexity index is 1520. The van der Waals surface area contributed by atoms with E-state index >= 15 is 0 Å². The lowest BCUT2D eigenvalue weighted by Crippen LogP contribution is -2.62. The summed E-state index contributed by atoms with van der Waals surface area (Å²) in [7, 11) is -6.20. The van der Waals surface area contributed by atoms with Gasteiger partial charge in [-0.05, 0) is 70.2 Å². The van der Waals surface area contributed by atoms with Gasteiger partial charge in [0.2, 0.25) is 0 Å². The van der Waals surface area contributed by atoms with Gasteiger partial charge in [-0.3, -0.25) is 9.59 Å². The Kier molecular flexibility index (Phi) is 3.75. The summed E-state index contributed by atoms with van der Waals surface area (Å²) in [5.74, 6) is -0.488. The van der Waals surface area contributed by atoms with Gasteiger partial charge in [-0.2, -0.15) is 0 Å².